The SMILES string of the molecule is CCOC(=O)c1ccc(/C=C/CN(C)CC=CC#CC(C)(C)C)cc1. The lowest BCUT2D eigenvalue weighted by molar-refractivity contribution is 0.0526. The fourth-order valence-corrected chi connectivity index (χ4v) is 1.94. The van der Waals surface area contributed by atoms with Crippen LogP contribution in [0.4, 0.5) is 0 Å². The summed E-state index contributed by atoms with van der Waals surface area (Å²) in [6, 6.07) is 7.42. The molecule has 0 bridgehead atoms. The van der Waals surface area contributed by atoms with E-state index in [2.05, 4.69) is 62.8 Å². The molecule has 25 heavy (non-hydrogen) atoms. The molecular weight excluding hydrogens is 310 g/mol. The predicted molar refractivity (Wildman–Crippen MR) is 105 cm³/mol. The number of benzene rings is 1. The number of hydrogen-bond acceptors (Lipinski definition) is 3. The van der Waals surface area contributed by atoms with Gasteiger partial charge in [0.1, 0.15) is 0 Å². The summed E-state index contributed by atoms with van der Waals surface area (Å²) < 4.78 is 4.97. The molecule has 134 valence electrons. The number of carbonyl (C=O) groups excluding carboxylic acids is 1. The summed E-state index contributed by atoms with van der Waals surface area (Å²) in [5, 5.41) is 0. The van der Waals surface area contributed by atoms with Gasteiger partial charge in [-0.2, -0.15) is 0 Å². The molecule has 3 heteroatoms. The number of carbonyl (C=O) groups is 1. The van der Waals surface area contributed by atoms with Gasteiger partial charge in [0.05, 0.1) is 12.2 Å². The Balaban J connectivity index is 2.42. The van der Waals surface area contributed by atoms with E-state index in [1.165, 1.54) is 0 Å². The Kier molecular flexibility index (Phi) is 8.74. The molecule has 0 saturated carbocycles. The van der Waals surface area contributed by atoms with Crippen LogP contribution in [0.25, 0.3) is 6.08 Å². The molecule has 0 aromatic heterocycles. The average molecular weight is 339 g/mol. The monoisotopic (exact) mass is 339 g/mol. The van der Waals surface area contributed by atoms with Gasteiger partial charge in [-0.25, -0.2) is 4.79 Å². The standard InChI is InChI=1S/C22H29NO2/c1-6-25-21(24)20-14-12-19(13-15-20)11-10-18-23(5)17-9-7-8-16-22(2,3)4/h7,9-15H,6,17-18H2,1-5H3/b9-7?,11-10+. The van der Waals surface area contributed by atoms with Gasteiger partial charge in [0.15, 0.2) is 0 Å². The average Bonchev–Trinajstić information content (AvgIpc) is 2.54. The lowest BCUT2D eigenvalue weighted by atomic mass is 9.98. The van der Waals surface area contributed by atoms with Crippen LogP contribution in [-0.4, -0.2) is 37.6 Å². The molecule has 0 N–H and O–H groups in total. The second-order valence-electron chi connectivity index (χ2n) is 6.89. The summed E-state index contributed by atoms with van der Waals surface area (Å²) in [6.45, 7) is 10.2. The first-order valence-corrected chi connectivity index (χ1v) is 8.62. The highest BCUT2D eigenvalue weighted by Crippen LogP contribution is 2.09. The smallest absolute Gasteiger partial charge is 0.338 e. The maximum atomic E-state index is 11.6. The predicted octanol–water partition coefficient (Wildman–Crippen LogP) is 4.41. The van der Waals surface area contributed by atoms with Gasteiger partial charge in [0.2, 0.25) is 0 Å². The van der Waals surface area contributed by atoms with Crippen molar-refractivity contribution in [2.75, 3.05) is 26.7 Å². The van der Waals surface area contributed by atoms with E-state index in [-0.39, 0.29) is 11.4 Å². The third-order valence-electron chi connectivity index (χ3n) is 3.21. The largest absolute Gasteiger partial charge is 0.462 e. The van der Waals surface area contributed by atoms with Crippen LogP contribution in [0.3, 0.4) is 0 Å². The van der Waals surface area contributed by atoms with Crippen molar-refractivity contribution in [3.63, 3.8) is 0 Å². The third kappa shape index (κ3) is 9.54. The quantitative estimate of drug-likeness (QED) is 0.544. The zero-order valence-corrected chi connectivity index (χ0v) is 16.0. The molecule has 0 heterocycles. The molecule has 0 amide bonds. The molecule has 0 saturated heterocycles. The van der Waals surface area contributed by atoms with E-state index in [0.717, 1.165) is 18.7 Å². The van der Waals surface area contributed by atoms with Gasteiger partial charge in [-0.1, -0.05) is 42.2 Å². The van der Waals surface area contributed by atoms with Crippen LogP contribution in [-0.2, 0) is 4.74 Å². The maximum absolute atomic E-state index is 11.6. The van der Waals surface area contributed by atoms with Crippen LogP contribution >= 0.6 is 0 Å². The van der Waals surface area contributed by atoms with E-state index >= 15 is 0 Å². The van der Waals surface area contributed by atoms with Gasteiger partial charge in [0, 0.05) is 18.5 Å². The first-order valence-electron chi connectivity index (χ1n) is 8.62. The lowest BCUT2D eigenvalue weighted by Crippen LogP contribution is -2.17. The van der Waals surface area contributed by atoms with Crippen LogP contribution in [0.5, 0.6) is 0 Å². The summed E-state index contributed by atoms with van der Waals surface area (Å²) in [5.74, 6) is 5.97. The molecular formula is C22H29NO2. The Morgan fingerprint density at radius 1 is 1.16 bits per heavy atom. The Morgan fingerprint density at radius 3 is 2.40 bits per heavy atom. The van der Waals surface area contributed by atoms with Gasteiger partial charge < -0.3 is 4.74 Å². The normalized spacial score (nSPS) is 11.8. The van der Waals surface area contributed by atoms with Crippen molar-refractivity contribution in [2.45, 2.75) is 27.7 Å². The molecule has 0 unspecified atom stereocenters. The summed E-state index contributed by atoms with van der Waals surface area (Å²) in [4.78, 5) is 13.8. The van der Waals surface area contributed by atoms with Crippen molar-refractivity contribution in [2.24, 2.45) is 5.41 Å². The second-order valence-corrected chi connectivity index (χ2v) is 6.89. The van der Waals surface area contributed by atoms with Crippen LogP contribution in [0, 0.1) is 17.3 Å². The topological polar surface area (TPSA) is 29.5 Å². The van der Waals surface area contributed by atoms with Gasteiger partial charge in [-0.15, -0.1) is 0 Å². The van der Waals surface area contributed by atoms with E-state index in [0.29, 0.717) is 12.2 Å². The summed E-state index contributed by atoms with van der Waals surface area (Å²) in [7, 11) is 2.07. The number of likely N-dealkylation sites (N-methyl/N-ethyl adjacent to an activating group) is 1. The Labute approximate surface area is 152 Å². The minimum absolute atomic E-state index is 0.0435. The molecule has 0 radical (unpaired) electrons. The fraction of sp³-hybridized carbons (Fsp3) is 0.409. The van der Waals surface area contributed by atoms with E-state index in [1.807, 2.05) is 18.2 Å². The minimum atomic E-state index is -0.279. The highest BCUT2D eigenvalue weighted by molar-refractivity contribution is 5.89. The number of nitrogens with zero attached hydrogens (tertiary/aromatic N) is 1. The summed E-state index contributed by atoms with van der Waals surface area (Å²) in [6.07, 6.45) is 8.14. The summed E-state index contributed by atoms with van der Waals surface area (Å²) in [5.41, 5.74) is 1.69. The molecule has 1 aromatic rings. The molecule has 0 aliphatic carbocycles. The lowest BCUT2D eigenvalue weighted by Gasteiger charge is -2.10. The number of rotatable bonds is 7. The zero-order valence-electron chi connectivity index (χ0n) is 16.0. The zero-order chi connectivity index (χ0) is 18.7. The Hall–Kier alpha value is -2.31. The molecule has 0 fully saturated rings. The van der Waals surface area contributed by atoms with Crippen molar-refractivity contribution >= 4 is 12.0 Å². The van der Waals surface area contributed by atoms with Gasteiger partial charge >= 0.3 is 5.97 Å². The van der Waals surface area contributed by atoms with E-state index < -0.39 is 0 Å². The highest BCUT2D eigenvalue weighted by atomic mass is 16.5. The van der Waals surface area contributed by atoms with Crippen molar-refractivity contribution in [1.82, 2.24) is 4.90 Å². The van der Waals surface area contributed by atoms with Crippen LogP contribution in [0.1, 0.15) is 43.6 Å². The van der Waals surface area contributed by atoms with Crippen LogP contribution < -0.4 is 0 Å². The van der Waals surface area contributed by atoms with Gasteiger partial charge in [-0.3, -0.25) is 4.90 Å². The molecule has 0 spiro atoms. The van der Waals surface area contributed by atoms with Crippen molar-refractivity contribution in [3.8, 4) is 11.8 Å². The molecule has 0 aliphatic rings. The number of ether oxygens (including phenoxy) is 1. The van der Waals surface area contributed by atoms with Crippen molar-refractivity contribution < 1.29 is 9.53 Å². The van der Waals surface area contributed by atoms with Crippen LogP contribution in [0.15, 0.2) is 42.5 Å². The highest BCUT2D eigenvalue weighted by Gasteiger charge is 2.04. The molecule has 0 atom stereocenters. The number of hydrogen-bond donors (Lipinski definition) is 0. The molecule has 0 aliphatic heterocycles. The van der Waals surface area contributed by atoms with Gasteiger partial charge in [-0.05, 0) is 58.5 Å². The van der Waals surface area contributed by atoms with Crippen molar-refractivity contribution in [1.29, 1.82) is 0 Å². The maximum Gasteiger partial charge on any atom is 0.338 e. The third-order valence-corrected chi connectivity index (χ3v) is 3.21. The summed E-state index contributed by atoms with van der Waals surface area (Å²) >= 11 is 0. The minimum Gasteiger partial charge on any atom is -0.462 e. The van der Waals surface area contributed by atoms with E-state index in [1.54, 1.807) is 19.1 Å². The molecule has 1 aromatic carbocycles. The Morgan fingerprint density at radius 2 is 1.80 bits per heavy atom. The van der Waals surface area contributed by atoms with Crippen molar-refractivity contribution in [3.05, 3.63) is 53.6 Å². The fourth-order valence-electron chi connectivity index (χ4n) is 1.94. The van der Waals surface area contributed by atoms with E-state index in [9.17, 15) is 4.79 Å². The van der Waals surface area contributed by atoms with Gasteiger partial charge in [0.25, 0.3) is 0 Å². The Bertz CT molecular complexity index is 652. The number of allylic oxidation sites excluding steroid dienone is 1. The van der Waals surface area contributed by atoms with E-state index in [4.69, 9.17) is 4.74 Å². The number of esters is 1. The second kappa shape index (κ2) is 10.5. The van der Waals surface area contributed by atoms with Crippen LogP contribution in [0.2, 0.25) is 0 Å². The molecule has 3 nitrogen and oxygen atoms in total. The first-order chi connectivity index (χ1) is 11.8. The first kappa shape index (κ1) is 20.7. The molecule has 1 rings (SSSR count).